The van der Waals surface area contributed by atoms with Crippen molar-refractivity contribution in [2.75, 3.05) is 24.5 Å². The largest absolute Gasteiger partial charge is 0.372 e. The van der Waals surface area contributed by atoms with E-state index >= 15 is 0 Å². The first kappa shape index (κ1) is 19.4. The van der Waals surface area contributed by atoms with E-state index in [1.54, 1.807) is 12.1 Å². The highest BCUT2D eigenvalue weighted by atomic mass is 19.1. The average molecular weight is 368 g/mol. The van der Waals surface area contributed by atoms with Crippen molar-refractivity contribution in [3.8, 4) is 0 Å². The molecule has 1 N–H and O–H groups in total. The van der Waals surface area contributed by atoms with Crippen molar-refractivity contribution in [3.63, 3.8) is 0 Å². The molecule has 3 nitrogen and oxygen atoms in total. The molecule has 1 aliphatic heterocycles. The van der Waals surface area contributed by atoms with Crippen LogP contribution in [0.2, 0.25) is 0 Å². The van der Waals surface area contributed by atoms with Gasteiger partial charge in [0.25, 0.3) is 5.91 Å². The van der Waals surface area contributed by atoms with Crippen LogP contribution in [0.5, 0.6) is 0 Å². The van der Waals surface area contributed by atoms with Gasteiger partial charge in [-0.2, -0.15) is 0 Å². The molecule has 1 fully saturated rings. The standard InChI is InChI=1S/C23H29FN2O/c1-17-12-14-26(15-13-17)19-10-8-18(9-11-19)22(27)25-16-23(2,3)20-6-4-5-7-21(20)24/h4-11,17H,12-16H2,1-3H3,(H,25,27). The van der Waals surface area contributed by atoms with E-state index in [0.717, 1.165) is 19.0 Å². The SMILES string of the molecule is CC1CCN(c2ccc(C(=O)NCC(C)(C)c3ccccc3F)cc2)CC1. The van der Waals surface area contributed by atoms with E-state index in [2.05, 4.69) is 17.1 Å². The minimum Gasteiger partial charge on any atom is -0.372 e. The van der Waals surface area contributed by atoms with Gasteiger partial charge >= 0.3 is 0 Å². The van der Waals surface area contributed by atoms with Gasteiger partial charge in [-0.3, -0.25) is 4.79 Å². The minimum absolute atomic E-state index is 0.127. The summed E-state index contributed by atoms with van der Waals surface area (Å²) in [7, 11) is 0. The summed E-state index contributed by atoms with van der Waals surface area (Å²) in [5, 5.41) is 2.95. The first-order valence-corrected chi connectivity index (χ1v) is 9.75. The van der Waals surface area contributed by atoms with Crippen LogP contribution in [-0.4, -0.2) is 25.5 Å². The van der Waals surface area contributed by atoms with Gasteiger partial charge in [0.15, 0.2) is 0 Å². The Kier molecular flexibility index (Phi) is 5.83. The van der Waals surface area contributed by atoms with Gasteiger partial charge in [-0.15, -0.1) is 0 Å². The molecule has 0 unspecified atom stereocenters. The van der Waals surface area contributed by atoms with Crippen LogP contribution < -0.4 is 10.2 Å². The first-order valence-electron chi connectivity index (χ1n) is 9.75. The average Bonchev–Trinajstić information content (AvgIpc) is 2.67. The monoisotopic (exact) mass is 368 g/mol. The lowest BCUT2D eigenvalue weighted by Crippen LogP contribution is -2.37. The second kappa shape index (κ2) is 8.12. The molecule has 1 heterocycles. The number of nitrogens with one attached hydrogen (secondary N) is 1. The van der Waals surface area contributed by atoms with E-state index in [4.69, 9.17) is 0 Å². The van der Waals surface area contributed by atoms with Gasteiger partial charge in [-0.25, -0.2) is 4.39 Å². The van der Waals surface area contributed by atoms with Crippen molar-refractivity contribution in [3.05, 3.63) is 65.5 Å². The summed E-state index contributed by atoms with van der Waals surface area (Å²) in [6, 6.07) is 14.5. The fraction of sp³-hybridized carbons (Fsp3) is 0.435. The van der Waals surface area contributed by atoms with Crippen molar-refractivity contribution in [1.82, 2.24) is 5.32 Å². The minimum atomic E-state index is -0.481. The summed E-state index contributed by atoms with van der Waals surface area (Å²) in [5.41, 5.74) is 1.93. The number of carbonyl (C=O) groups excluding carboxylic acids is 1. The zero-order valence-corrected chi connectivity index (χ0v) is 16.5. The molecule has 144 valence electrons. The molecule has 3 rings (SSSR count). The first-order chi connectivity index (χ1) is 12.9. The summed E-state index contributed by atoms with van der Waals surface area (Å²) in [6.45, 7) is 8.69. The second-order valence-corrected chi connectivity index (χ2v) is 8.26. The summed E-state index contributed by atoms with van der Waals surface area (Å²) in [6.07, 6.45) is 2.43. The maximum Gasteiger partial charge on any atom is 0.251 e. The lowest BCUT2D eigenvalue weighted by atomic mass is 9.84. The number of nitrogens with zero attached hydrogens (tertiary/aromatic N) is 1. The Labute approximate surface area is 161 Å². The van der Waals surface area contributed by atoms with Crippen molar-refractivity contribution in [2.45, 2.75) is 39.0 Å². The molecule has 4 heteroatoms. The molecular weight excluding hydrogens is 339 g/mol. The normalized spacial score (nSPS) is 15.6. The van der Waals surface area contributed by atoms with Crippen LogP contribution in [0.3, 0.4) is 0 Å². The molecule has 0 aliphatic carbocycles. The Morgan fingerprint density at radius 1 is 1.11 bits per heavy atom. The highest BCUT2D eigenvalue weighted by Crippen LogP contribution is 2.25. The number of hydrogen-bond acceptors (Lipinski definition) is 2. The van der Waals surface area contributed by atoms with E-state index < -0.39 is 5.41 Å². The highest BCUT2D eigenvalue weighted by molar-refractivity contribution is 5.94. The summed E-state index contributed by atoms with van der Waals surface area (Å²) in [4.78, 5) is 14.9. The van der Waals surface area contributed by atoms with Crippen LogP contribution >= 0.6 is 0 Å². The summed E-state index contributed by atoms with van der Waals surface area (Å²) >= 11 is 0. The Bertz CT molecular complexity index is 777. The van der Waals surface area contributed by atoms with Crippen LogP contribution in [0, 0.1) is 11.7 Å². The number of piperidine rings is 1. The van der Waals surface area contributed by atoms with Crippen LogP contribution in [0.15, 0.2) is 48.5 Å². The molecule has 27 heavy (non-hydrogen) atoms. The summed E-state index contributed by atoms with van der Waals surface area (Å²) < 4.78 is 14.1. The van der Waals surface area contributed by atoms with Crippen molar-refractivity contribution in [2.24, 2.45) is 5.92 Å². The van der Waals surface area contributed by atoms with Crippen LogP contribution in [0.1, 0.15) is 49.5 Å². The smallest absolute Gasteiger partial charge is 0.251 e. The Morgan fingerprint density at radius 2 is 1.74 bits per heavy atom. The maximum absolute atomic E-state index is 14.1. The number of halogens is 1. The molecule has 2 aromatic rings. The van der Waals surface area contributed by atoms with E-state index in [1.807, 2.05) is 44.2 Å². The van der Waals surface area contributed by atoms with E-state index in [9.17, 15) is 9.18 Å². The van der Waals surface area contributed by atoms with Crippen molar-refractivity contribution in [1.29, 1.82) is 0 Å². The Hall–Kier alpha value is -2.36. The van der Waals surface area contributed by atoms with E-state index in [0.29, 0.717) is 17.7 Å². The zero-order valence-electron chi connectivity index (χ0n) is 16.5. The van der Waals surface area contributed by atoms with Crippen LogP contribution in [-0.2, 0) is 5.41 Å². The van der Waals surface area contributed by atoms with E-state index in [1.165, 1.54) is 24.6 Å². The van der Waals surface area contributed by atoms with Gasteiger partial charge in [0.1, 0.15) is 5.82 Å². The Morgan fingerprint density at radius 3 is 2.37 bits per heavy atom. The fourth-order valence-corrected chi connectivity index (χ4v) is 3.60. The predicted molar refractivity (Wildman–Crippen MR) is 109 cm³/mol. The maximum atomic E-state index is 14.1. The second-order valence-electron chi connectivity index (χ2n) is 8.26. The number of rotatable bonds is 5. The molecule has 0 atom stereocenters. The molecule has 0 radical (unpaired) electrons. The molecule has 0 aromatic heterocycles. The molecule has 0 saturated carbocycles. The lowest BCUT2D eigenvalue weighted by Gasteiger charge is -2.32. The van der Waals surface area contributed by atoms with Gasteiger partial charge < -0.3 is 10.2 Å². The van der Waals surface area contributed by atoms with Crippen molar-refractivity contribution < 1.29 is 9.18 Å². The predicted octanol–water partition coefficient (Wildman–Crippen LogP) is 4.77. The molecular formula is C23H29FN2O. The number of anilines is 1. The third-order valence-corrected chi connectivity index (χ3v) is 5.57. The molecule has 1 amide bonds. The third kappa shape index (κ3) is 4.68. The van der Waals surface area contributed by atoms with Crippen LogP contribution in [0.4, 0.5) is 10.1 Å². The van der Waals surface area contributed by atoms with E-state index in [-0.39, 0.29) is 11.7 Å². The zero-order chi connectivity index (χ0) is 19.4. The molecule has 1 saturated heterocycles. The molecule has 1 aliphatic rings. The topological polar surface area (TPSA) is 32.3 Å². The van der Waals surface area contributed by atoms with Gasteiger partial charge in [0, 0.05) is 36.3 Å². The van der Waals surface area contributed by atoms with Gasteiger partial charge in [-0.1, -0.05) is 39.0 Å². The third-order valence-electron chi connectivity index (χ3n) is 5.57. The highest BCUT2D eigenvalue weighted by Gasteiger charge is 2.25. The number of amides is 1. The van der Waals surface area contributed by atoms with Gasteiger partial charge in [0.05, 0.1) is 0 Å². The number of hydrogen-bond donors (Lipinski definition) is 1. The summed E-state index contributed by atoms with van der Waals surface area (Å²) in [5.74, 6) is 0.430. The Balaban J connectivity index is 1.60. The molecule has 0 spiro atoms. The fourth-order valence-electron chi connectivity index (χ4n) is 3.60. The van der Waals surface area contributed by atoms with Gasteiger partial charge in [-0.05, 0) is 54.7 Å². The lowest BCUT2D eigenvalue weighted by molar-refractivity contribution is 0.0945. The van der Waals surface area contributed by atoms with Gasteiger partial charge in [0.2, 0.25) is 0 Å². The van der Waals surface area contributed by atoms with Crippen LogP contribution in [0.25, 0.3) is 0 Å². The van der Waals surface area contributed by atoms with Crippen molar-refractivity contribution >= 4 is 11.6 Å². The quantitative estimate of drug-likeness (QED) is 0.824. The molecule has 0 bridgehead atoms. The number of benzene rings is 2. The molecule has 2 aromatic carbocycles. The number of carbonyl (C=O) groups is 1.